The summed E-state index contributed by atoms with van der Waals surface area (Å²) in [5.74, 6) is 0. The number of pyridine rings is 3. The van der Waals surface area contributed by atoms with Gasteiger partial charge in [-0.25, -0.2) is 19.9 Å². The van der Waals surface area contributed by atoms with Gasteiger partial charge in [0, 0.05) is 89.7 Å². The number of benzene rings is 17. The van der Waals surface area contributed by atoms with Crippen molar-refractivity contribution in [3.63, 3.8) is 0 Å². The van der Waals surface area contributed by atoms with Crippen LogP contribution in [0.4, 0.5) is 17.1 Å². The molecule has 8 heterocycles. The smallest absolute Gasteiger partial charge is 0.138 e. The van der Waals surface area contributed by atoms with E-state index < -0.39 is 0 Å². The van der Waals surface area contributed by atoms with Gasteiger partial charge in [0.2, 0.25) is 0 Å². The minimum atomic E-state index is 0.765. The largest absolute Gasteiger partial charge is 0.456 e. The molecule has 119 heavy (non-hydrogen) atoms. The lowest BCUT2D eigenvalue weighted by atomic mass is 9.94. The van der Waals surface area contributed by atoms with Crippen molar-refractivity contribution in [1.29, 1.82) is 0 Å². The molecule has 0 aliphatic heterocycles. The number of hydrogen-bond donors (Lipinski definition) is 0. The van der Waals surface area contributed by atoms with Crippen LogP contribution in [0.15, 0.2) is 410 Å². The molecular weight excluding hydrogens is 1450 g/mol. The van der Waals surface area contributed by atoms with E-state index in [-0.39, 0.29) is 0 Å². The van der Waals surface area contributed by atoms with Crippen molar-refractivity contribution in [2.24, 2.45) is 0 Å². The van der Waals surface area contributed by atoms with Crippen LogP contribution in [0, 0.1) is 0 Å². The Hall–Kier alpha value is -16.2. The molecule has 0 aliphatic carbocycles. The highest BCUT2D eigenvalue weighted by molar-refractivity contribution is 6.26. The highest BCUT2D eigenvalue weighted by Gasteiger charge is 2.23. The zero-order valence-electron chi connectivity index (χ0n) is 64.0. The second-order valence-electron chi connectivity index (χ2n) is 30.6. The number of hydrogen-bond acceptors (Lipinski definition) is 8. The summed E-state index contributed by atoms with van der Waals surface area (Å²) in [5, 5.41) is 16.0. The number of imidazole rings is 2. The van der Waals surface area contributed by atoms with Crippen LogP contribution in [0.2, 0.25) is 0 Å². The first-order valence-corrected chi connectivity index (χ1v) is 40.1. The van der Waals surface area contributed by atoms with Crippen LogP contribution in [-0.4, -0.2) is 33.7 Å². The monoisotopic (exact) mass is 1520 g/mol. The zero-order chi connectivity index (χ0) is 78.2. The van der Waals surface area contributed by atoms with Gasteiger partial charge in [0.25, 0.3) is 0 Å². The van der Waals surface area contributed by atoms with Crippen molar-refractivity contribution < 1.29 is 8.83 Å². The van der Waals surface area contributed by atoms with E-state index >= 15 is 0 Å². The first-order chi connectivity index (χ1) is 58.9. The molecule has 0 fully saturated rings. The summed E-state index contributed by atoms with van der Waals surface area (Å²) >= 11 is 0. The van der Waals surface area contributed by atoms with E-state index in [2.05, 4.69) is 348 Å². The lowest BCUT2D eigenvalue weighted by Gasteiger charge is -2.25. The topological polar surface area (TPSA) is 103 Å². The predicted octanol–water partition coefficient (Wildman–Crippen LogP) is 29.0. The average Bonchev–Trinajstić information content (AvgIpc) is 1.59. The van der Waals surface area contributed by atoms with Gasteiger partial charge in [-0.15, -0.1) is 0 Å². The Kier molecular flexibility index (Phi) is 15.4. The van der Waals surface area contributed by atoms with Gasteiger partial charge in [-0.2, -0.15) is 0 Å². The molecule has 25 aromatic rings. The summed E-state index contributed by atoms with van der Waals surface area (Å²) in [7, 11) is 0. The molecule has 0 N–H and O–H groups in total. The second kappa shape index (κ2) is 27.3. The highest BCUT2D eigenvalue weighted by atomic mass is 16.3. The minimum Gasteiger partial charge on any atom is -0.456 e. The lowest BCUT2D eigenvalue weighted by molar-refractivity contribution is 0.668. The van der Waals surface area contributed by atoms with Gasteiger partial charge in [-0.05, 0) is 216 Å². The number of furan rings is 2. The van der Waals surface area contributed by atoms with E-state index in [1.807, 2.05) is 66.9 Å². The maximum atomic E-state index is 6.12. The minimum absolute atomic E-state index is 0.765. The number of anilines is 3. The van der Waals surface area contributed by atoms with E-state index in [0.717, 1.165) is 188 Å². The first kappa shape index (κ1) is 67.3. The molecule has 0 spiro atoms. The third-order valence-corrected chi connectivity index (χ3v) is 23.8. The molecule has 0 radical (unpaired) electrons. The van der Waals surface area contributed by atoms with Gasteiger partial charge >= 0.3 is 0 Å². The second-order valence-corrected chi connectivity index (χ2v) is 30.6. The van der Waals surface area contributed by atoms with Crippen molar-refractivity contribution in [2.75, 3.05) is 4.90 Å². The van der Waals surface area contributed by atoms with E-state index in [9.17, 15) is 0 Å². The number of rotatable bonds is 10. The lowest BCUT2D eigenvalue weighted by Crippen LogP contribution is -2.09. The van der Waals surface area contributed by atoms with Gasteiger partial charge in [-0.1, -0.05) is 249 Å². The van der Waals surface area contributed by atoms with E-state index in [4.69, 9.17) is 33.8 Å². The number of para-hydroxylation sites is 4. The third kappa shape index (κ3) is 11.3. The molecular formula is C109H66N8O2. The van der Waals surface area contributed by atoms with E-state index in [1.165, 1.54) is 49.2 Å². The molecule has 0 atom stereocenters. The fraction of sp³-hybridized carbons (Fsp3) is 0. The Morgan fingerprint density at radius 2 is 0.622 bits per heavy atom. The summed E-state index contributed by atoms with van der Waals surface area (Å²) in [6.45, 7) is 0. The SMILES string of the molecule is c1ccc(-c2nc3ccc4ccc(-c5ccc6c(c5)c5ccccc5c5nc7cc(-c8ccc9oc%10ccccc%10c9c8)ccn7c65)cc4c3nc2-c2ccccn2)cc1.c1ccc(N(c2ccccc2)c2ccc(-c3ccc(-c4ccc5c(c4)c4ccccc4c4nc6cc(-c7ccc8oc9ccccc9c8c7)ccn6c54)cc3)cc2)cc1. The summed E-state index contributed by atoms with van der Waals surface area (Å²) < 4.78 is 16.7. The molecule has 0 amide bonds. The van der Waals surface area contributed by atoms with E-state index in [0.29, 0.717) is 0 Å². The van der Waals surface area contributed by atoms with Crippen LogP contribution in [-0.2, 0) is 0 Å². The maximum absolute atomic E-state index is 6.12. The van der Waals surface area contributed by atoms with Crippen LogP contribution < -0.4 is 4.90 Å². The Bertz CT molecular complexity index is 8370. The summed E-state index contributed by atoms with van der Waals surface area (Å²) in [5.41, 5.74) is 29.6. The molecule has 8 aromatic heterocycles. The van der Waals surface area contributed by atoms with Crippen LogP contribution in [0.1, 0.15) is 0 Å². The van der Waals surface area contributed by atoms with E-state index in [1.54, 1.807) is 0 Å². The standard InChI is InChI=1S/C55H35N3O.C54H31N5O/c1-3-11-42(12-4-1)58(43-13-5-2-6-14-43)44-27-23-37(24-28-44)36-19-21-38(22-20-36)39-25-29-48-49(33-39)45-15-7-8-17-47(45)54-55(48)57-32-31-41(35-53(57)56-54)40-26-30-52-50(34-40)46-16-9-10-18-51(46)59-52;1-2-10-33(11-3-1)50-53(45-15-8-9-26-55-45)58-51-42-28-34(18-17-32(42)20-23-46(51)56-50)35-19-22-41-43(29-35)38-12-4-5-14-40(38)52-54(41)59-27-25-37(31-49(59)57-52)36-21-24-48-44(30-36)39-13-6-7-16-47(39)60-48/h1-35H;1-31H. The molecule has 554 valence electrons. The normalized spacial score (nSPS) is 11.9. The first-order valence-electron chi connectivity index (χ1n) is 40.1. The Balaban J connectivity index is 0.000000136. The van der Waals surface area contributed by atoms with Gasteiger partial charge in [0.05, 0.1) is 44.5 Å². The summed E-state index contributed by atoms with van der Waals surface area (Å²) in [6, 6.07) is 135. The molecule has 0 aliphatic rings. The molecule has 0 unspecified atom stereocenters. The maximum Gasteiger partial charge on any atom is 0.138 e. The molecule has 17 aromatic carbocycles. The van der Waals surface area contributed by atoms with Crippen LogP contribution in [0.3, 0.4) is 0 Å². The predicted molar refractivity (Wildman–Crippen MR) is 491 cm³/mol. The van der Waals surface area contributed by atoms with Crippen LogP contribution >= 0.6 is 0 Å². The van der Waals surface area contributed by atoms with Crippen molar-refractivity contribution in [3.8, 4) is 78.3 Å². The molecule has 10 heteroatoms. The Morgan fingerprint density at radius 1 is 0.227 bits per heavy atom. The van der Waals surface area contributed by atoms with Gasteiger partial charge in [0.15, 0.2) is 0 Å². The van der Waals surface area contributed by atoms with Gasteiger partial charge in [-0.3, -0.25) is 13.8 Å². The number of fused-ring (bicyclic) bond motifs is 25. The van der Waals surface area contributed by atoms with Crippen LogP contribution in [0.5, 0.6) is 0 Å². The molecule has 0 saturated heterocycles. The Morgan fingerprint density at radius 3 is 1.15 bits per heavy atom. The quantitative estimate of drug-likeness (QED) is 0.125. The summed E-state index contributed by atoms with van der Waals surface area (Å²) in [4.78, 5) is 28.2. The fourth-order valence-corrected chi connectivity index (χ4v) is 18.1. The highest BCUT2D eigenvalue weighted by Crippen LogP contribution is 2.45. The summed E-state index contributed by atoms with van der Waals surface area (Å²) in [6.07, 6.45) is 6.15. The average molecular weight is 1520 g/mol. The molecule has 10 nitrogen and oxygen atoms in total. The molecule has 0 saturated carbocycles. The third-order valence-electron chi connectivity index (χ3n) is 23.8. The van der Waals surface area contributed by atoms with Crippen molar-refractivity contribution in [3.05, 3.63) is 401 Å². The fourth-order valence-electron chi connectivity index (χ4n) is 18.1. The number of nitrogens with zero attached hydrogens (tertiary/aromatic N) is 8. The van der Waals surface area contributed by atoms with Crippen molar-refractivity contribution >= 4 is 159 Å². The van der Waals surface area contributed by atoms with Gasteiger partial charge < -0.3 is 13.7 Å². The molecule has 0 bridgehead atoms. The Labute approximate surface area is 681 Å². The zero-order valence-corrected chi connectivity index (χ0v) is 64.0. The van der Waals surface area contributed by atoms with Gasteiger partial charge in [0.1, 0.15) is 39.3 Å². The van der Waals surface area contributed by atoms with Crippen LogP contribution in [0.25, 0.3) is 220 Å². The van der Waals surface area contributed by atoms with Crippen molar-refractivity contribution in [2.45, 2.75) is 0 Å². The number of aromatic nitrogens is 7. The van der Waals surface area contributed by atoms with Crippen molar-refractivity contribution in [1.82, 2.24) is 33.7 Å². The molecule has 25 rings (SSSR count).